The van der Waals surface area contributed by atoms with Gasteiger partial charge in [0, 0.05) is 23.0 Å². The van der Waals surface area contributed by atoms with Gasteiger partial charge in [-0.2, -0.15) is 0 Å². The number of rotatable bonds is 6. The molecule has 0 aliphatic rings. The lowest BCUT2D eigenvalue weighted by Crippen LogP contribution is -2.10. The van der Waals surface area contributed by atoms with Crippen molar-refractivity contribution < 1.29 is 0 Å². The Labute approximate surface area is 289 Å². The zero-order valence-electron chi connectivity index (χ0n) is 28.3. The van der Waals surface area contributed by atoms with E-state index in [4.69, 9.17) is 0 Å². The lowest BCUT2D eigenvalue weighted by molar-refractivity contribution is 0.933. The second kappa shape index (κ2) is 12.9. The van der Waals surface area contributed by atoms with Gasteiger partial charge in [-0.05, 0) is 102 Å². The maximum absolute atomic E-state index is 2.36. The number of fused-ring (bicyclic) bond motifs is 2. The zero-order chi connectivity index (χ0) is 33.3. The van der Waals surface area contributed by atoms with E-state index in [-0.39, 0.29) is 5.92 Å². The molecule has 0 radical (unpaired) electrons. The third-order valence-electron chi connectivity index (χ3n) is 9.92. The Bertz CT molecular complexity index is 2450. The Balaban J connectivity index is 0.00000171. The molecule has 1 heteroatoms. The summed E-state index contributed by atoms with van der Waals surface area (Å²) >= 11 is 0. The van der Waals surface area contributed by atoms with Gasteiger partial charge >= 0.3 is 0 Å². The maximum atomic E-state index is 2.36. The van der Waals surface area contributed by atoms with Gasteiger partial charge in [0.2, 0.25) is 0 Å². The van der Waals surface area contributed by atoms with Crippen LogP contribution >= 0.6 is 0 Å². The van der Waals surface area contributed by atoms with Gasteiger partial charge in [-0.25, -0.2) is 0 Å². The first-order chi connectivity index (χ1) is 24.2. The number of hydrogen-bond acceptors (Lipinski definition) is 1. The summed E-state index contributed by atoms with van der Waals surface area (Å²) in [5.74, 6) is 0.233. The van der Waals surface area contributed by atoms with E-state index in [1.165, 1.54) is 65.3 Å². The molecule has 0 saturated carbocycles. The minimum atomic E-state index is 0.233. The molecule has 1 unspecified atom stereocenters. The molecule has 0 fully saturated rings. The topological polar surface area (TPSA) is 3.24 Å². The summed E-state index contributed by atoms with van der Waals surface area (Å²) in [6.45, 7) is 6.34. The second-order valence-corrected chi connectivity index (χ2v) is 12.5. The maximum Gasteiger partial charge on any atom is 0.0462 e. The Morgan fingerprint density at radius 1 is 0.367 bits per heavy atom. The van der Waals surface area contributed by atoms with Crippen molar-refractivity contribution >= 4 is 60.2 Å². The highest BCUT2D eigenvalue weighted by Gasteiger charge is 2.19. The standard InChI is InChI=1S/C46H33N.C2H6/c1-31(39-29-30-44-42-18-9-14-35-13-8-17-41(45(35)42)43-20-10-19-40(39)46(43)44)32-21-25-37(26-22-32)47(36-15-6-3-7-16-36)38-27-23-34(24-28-38)33-11-4-2-5-12-33;1-2/h2-31H,1H3;1-2H3. The van der Waals surface area contributed by atoms with E-state index in [0.717, 1.165) is 17.1 Å². The summed E-state index contributed by atoms with van der Waals surface area (Å²) in [5.41, 5.74) is 8.52. The minimum absolute atomic E-state index is 0.233. The summed E-state index contributed by atoms with van der Waals surface area (Å²) in [6, 6.07) is 64.2. The van der Waals surface area contributed by atoms with Crippen LogP contribution in [0.5, 0.6) is 0 Å². The average Bonchev–Trinajstić information content (AvgIpc) is 3.18. The van der Waals surface area contributed by atoms with E-state index >= 15 is 0 Å². The average molecular weight is 630 g/mol. The molecule has 9 aromatic carbocycles. The number of anilines is 3. The van der Waals surface area contributed by atoms with Crippen molar-refractivity contribution in [1.82, 2.24) is 0 Å². The van der Waals surface area contributed by atoms with Gasteiger partial charge in [0.1, 0.15) is 0 Å². The van der Waals surface area contributed by atoms with Crippen LogP contribution in [-0.4, -0.2) is 0 Å². The highest BCUT2D eigenvalue weighted by Crippen LogP contribution is 2.43. The highest BCUT2D eigenvalue weighted by molar-refractivity contribution is 6.33. The molecule has 0 spiro atoms. The van der Waals surface area contributed by atoms with E-state index < -0.39 is 0 Å². The van der Waals surface area contributed by atoms with Crippen LogP contribution in [0, 0.1) is 0 Å². The fourth-order valence-corrected chi connectivity index (χ4v) is 7.60. The Hall–Kier alpha value is -5.92. The summed E-state index contributed by atoms with van der Waals surface area (Å²) in [5, 5.41) is 10.7. The van der Waals surface area contributed by atoms with Gasteiger partial charge in [0.05, 0.1) is 0 Å². The summed E-state index contributed by atoms with van der Waals surface area (Å²) in [7, 11) is 0. The van der Waals surface area contributed by atoms with E-state index in [1.54, 1.807) is 0 Å². The van der Waals surface area contributed by atoms with Crippen LogP contribution in [0.4, 0.5) is 17.1 Å². The predicted molar refractivity (Wildman–Crippen MR) is 213 cm³/mol. The quantitative estimate of drug-likeness (QED) is 0.131. The lowest BCUT2D eigenvalue weighted by atomic mass is 9.84. The number of hydrogen-bond donors (Lipinski definition) is 0. The Morgan fingerprint density at radius 2 is 0.837 bits per heavy atom. The third kappa shape index (κ3) is 5.29. The van der Waals surface area contributed by atoms with Gasteiger partial charge in [0.25, 0.3) is 0 Å². The molecule has 0 saturated heterocycles. The van der Waals surface area contributed by atoms with Crippen molar-refractivity contribution in [2.75, 3.05) is 4.90 Å². The molecule has 1 nitrogen and oxygen atoms in total. The first kappa shape index (κ1) is 30.4. The third-order valence-corrected chi connectivity index (χ3v) is 9.92. The molecule has 0 aliphatic heterocycles. The molecular formula is C48H39N. The van der Waals surface area contributed by atoms with Crippen LogP contribution in [0.25, 0.3) is 54.2 Å². The molecule has 0 N–H and O–H groups in total. The SMILES string of the molecule is CC.CC(c1ccc(N(c2ccccc2)c2ccc(-c3ccccc3)cc2)cc1)c1ccc2c3cccc4cccc(c5cccc1c52)c43. The smallest absolute Gasteiger partial charge is 0.0462 e. The van der Waals surface area contributed by atoms with Crippen molar-refractivity contribution in [2.24, 2.45) is 0 Å². The van der Waals surface area contributed by atoms with E-state index in [9.17, 15) is 0 Å². The molecular weight excluding hydrogens is 591 g/mol. The predicted octanol–water partition coefficient (Wildman–Crippen LogP) is 14.1. The highest BCUT2D eigenvalue weighted by atomic mass is 15.1. The molecule has 236 valence electrons. The summed E-state index contributed by atoms with van der Waals surface area (Å²) < 4.78 is 0. The summed E-state index contributed by atoms with van der Waals surface area (Å²) in [4.78, 5) is 2.34. The van der Waals surface area contributed by atoms with Gasteiger partial charge in [-0.3, -0.25) is 0 Å². The van der Waals surface area contributed by atoms with E-state index in [2.05, 4.69) is 188 Å². The summed E-state index contributed by atoms with van der Waals surface area (Å²) in [6.07, 6.45) is 0. The molecule has 1 atom stereocenters. The normalized spacial score (nSPS) is 11.9. The van der Waals surface area contributed by atoms with Gasteiger partial charge < -0.3 is 4.90 Å². The fourth-order valence-electron chi connectivity index (χ4n) is 7.60. The van der Waals surface area contributed by atoms with Crippen molar-refractivity contribution in [1.29, 1.82) is 0 Å². The van der Waals surface area contributed by atoms with E-state index in [0.29, 0.717) is 0 Å². The lowest BCUT2D eigenvalue weighted by Gasteiger charge is -2.26. The van der Waals surface area contributed by atoms with Gasteiger partial charge in [0.15, 0.2) is 0 Å². The molecule has 0 bridgehead atoms. The largest absolute Gasteiger partial charge is 0.311 e. The van der Waals surface area contributed by atoms with E-state index in [1.807, 2.05) is 13.8 Å². The molecule has 0 aliphatic carbocycles. The van der Waals surface area contributed by atoms with Crippen LogP contribution in [-0.2, 0) is 0 Å². The Morgan fingerprint density at radius 3 is 1.47 bits per heavy atom. The first-order valence-electron chi connectivity index (χ1n) is 17.4. The number of nitrogens with zero attached hydrogens (tertiary/aromatic N) is 1. The fraction of sp³-hybridized carbons (Fsp3) is 0.0833. The van der Waals surface area contributed by atoms with Crippen LogP contribution in [0.2, 0.25) is 0 Å². The van der Waals surface area contributed by atoms with Gasteiger partial charge in [-0.1, -0.05) is 160 Å². The van der Waals surface area contributed by atoms with Crippen molar-refractivity contribution in [3.8, 4) is 11.1 Å². The van der Waals surface area contributed by atoms with Crippen LogP contribution in [0.3, 0.4) is 0 Å². The van der Waals surface area contributed by atoms with Crippen LogP contribution in [0.1, 0.15) is 37.8 Å². The Kier molecular flexibility index (Phi) is 8.03. The first-order valence-corrected chi connectivity index (χ1v) is 17.4. The van der Waals surface area contributed by atoms with Crippen molar-refractivity contribution in [3.05, 3.63) is 187 Å². The van der Waals surface area contributed by atoms with Crippen LogP contribution < -0.4 is 4.90 Å². The molecule has 0 heterocycles. The molecule has 49 heavy (non-hydrogen) atoms. The molecule has 9 aromatic rings. The molecule has 9 rings (SSSR count). The number of para-hydroxylation sites is 1. The van der Waals surface area contributed by atoms with Crippen molar-refractivity contribution in [3.63, 3.8) is 0 Å². The minimum Gasteiger partial charge on any atom is -0.311 e. The van der Waals surface area contributed by atoms with Gasteiger partial charge in [-0.15, -0.1) is 0 Å². The van der Waals surface area contributed by atoms with Crippen LogP contribution in [0.15, 0.2) is 176 Å². The molecule has 0 aromatic heterocycles. The number of benzene rings is 9. The van der Waals surface area contributed by atoms with Crippen molar-refractivity contribution in [2.45, 2.75) is 26.7 Å². The molecule has 0 amide bonds. The second-order valence-electron chi connectivity index (χ2n) is 12.5. The monoisotopic (exact) mass is 629 g/mol. The zero-order valence-corrected chi connectivity index (χ0v) is 28.3.